The number of benzene rings is 1. The van der Waals surface area contributed by atoms with Crippen molar-refractivity contribution in [2.45, 2.75) is 32.6 Å². The lowest BCUT2D eigenvalue weighted by Crippen LogP contribution is -2.29. The van der Waals surface area contributed by atoms with Crippen molar-refractivity contribution in [2.24, 2.45) is 0 Å². The van der Waals surface area contributed by atoms with E-state index in [0.29, 0.717) is 5.92 Å². The lowest BCUT2D eigenvalue weighted by molar-refractivity contribution is 0.456. The third-order valence-corrected chi connectivity index (χ3v) is 4.31. The second-order valence-electron chi connectivity index (χ2n) is 4.55. The van der Waals surface area contributed by atoms with Gasteiger partial charge in [0.1, 0.15) is 5.82 Å². The van der Waals surface area contributed by atoms with Crippen LogP contribution in [0.2, 0.25) is 0 Å². The van der Waals surface area contributed by atoms with E-state index in [4.69, 9.17) is 0 Å². The van der Waals surface area contributed by atoms with E-state index in [1.807, 2.05) is 6.92 Å². The predicted molar refractivity (Wildman–Crippen MR) is 68.4 cm³/mol. The maximum absolute atomic E-state index is 13.7. The highest BCUT2D eigenvalue weighted by atomic mass is 79.9. The highest BCUT2D eigenvalue weighted by molar-refractivity contribution is 9.10. The van der Waals surface area contributed by atoms with Gasteiger partial charge in [-0.1, -0.05) is 15.9 Å². The van der Waals surface area contributed by atoms with E-state index in [2.05, 4.69) is 28.2 Å². The van der Waals surface area contributed by atoms with Crippen LogP contribution < -0.4 is 5.32 Å². The van der Waals surface area contributed by atoms with Gasteiger partial charge in [-0.2, -0.15) is 0 Å². The smallest absolute Gasteiger partial charge is 0.127 e. The molecule has 1 aromatic carbocycles. The van der Waals surface area contributed by atoms with Gasteiger partial charge in [0.25, 0.3) is 0 Å². The molecule has 0 saturated carbocycles. The largest absolute Gasteiger partial charge is 0.316 e. The number of hydrogen-bond donors (Lipinski definition) is 1. The summed E-state index contributed by atoms with van der Waals surface area (Å²) in [5.41, 5.74) is 3.20. The Morgan fingerprint density at radius 2 is 2.12 bits per heavy atom. The highest BCUT2D eigenvalue weighted by Crippen LogP contribution is 2.34. The van der Waals surface area contributed by atoms with Crippen molar-refractivity contribution in [3.8, 4) is 0 Å². The quantitative estimate of drug-likeness (QED) is 0.830. The summed E-state index contributed by atoms with van der Waals surface area (Å²) in [5.74, 6) is 0.360. The van der Waals surface area contributed by atoms with Gasteiger partial charge in [-0.15, -0.1) is 0 Å². The zero-order chi connectivity index (χ0) is 11.7. The number of piperidine rings is 1. The first kappa shape index (κ1) is 12.1. The normalized spacial score (nSPS) is 21.1. The molecular formula is C13H17BrFN. The van der Waals surface area contributed by atoms with Crippen molar-refractivity contribution >= 4 is 15.9 Å². The maximum atomic E-state index is 13.7. The summed E-state index contributed by atoms with van der Waals surface area (Å²) >= 11 is 3.44. The minimum atomic E-state index is -0.0990. The van der Waals surface area contributed by atoms with Crippen molar-refractivity contribution in [2.75, 3.05) is 13.1 Å². The van der Waals surface area contributed by atoms with Gasteiger partial charge in [-0.3, -0.25) is 0 Å². The summed E-state index contributed by atoms with van der Waals surface area (Å²) in [7, 11) is 0. The monoisotopic (exact) mass is 285 g/mol. The number of rotatable bonds is 1. The van der Waals surface area contributed by atoms with Crippen molar-refractivity contribution in [1.29, 1.82) is 0 Å². The van der Waals surface area contributed by atoms with E-state index in [9.17, 15) is 4.39 Å². The Morgan fingerprint density at radius 1 is 1.38 bits per heavy atom. The van der Waals surface area contributed by atoms with Crippen LogP contribution in [-0.4, -0.2) is 13.1 Å². The fourth-order valence-electron chi connectivity index (χ4n) is 2.58. The summed E-state index contributed by atoms with van der Waals surface area (Å²) < 4.78 is 14.6. The lowest BCUT2D eigenvalue weighted by atomic mass is 9.85. The standard InChI is InChI=1S/C13H17BrFN/c1-8-11(14)6-12(15)9(2)13(8)10-4-3-5-16-7-10/h6,10,16H,3-5,7H2,1-2H3. The Balaban J connectivity index is 2.45. The van der Waals surface area contributed by atoms with E-state index < -0.39 is 0 Å². The van der Waals surface area contributed by atoms with Crippen molar-refractivity contribution in [1.82, 2.24) is 5.32 Å². The molecule has 1 aromatic rings. The first-order valence-electron chi connectivity index (χ1n) is 5.77. The fraction of sp³-hybridized carbons (Fsp3) is 0.538. The number of nitrogens with one attached hydrogen (secondary N) is 1. The summed E-state index contributed by atoms with van der Waals surface area (Å²) in [5, 5.41) is 3.39. The molecule has 0 spiro atoms. The van der Waals surface area contributed by atoms with Crippen molar-refractivity contribution in [3.63, 3.8) is 0 Å². The molecular weight excluding hydrogens is 269 g/mol. The van der Waals surface area contributed by atoms with Gasteiger partial charge in [0.15, 0.2) is 0 Å². The first-order chi connectivity index (χ1) is 7.61. The van der Waals surface area contributed by atoms with E-state index in [-0.39, 0.29) is 5.82 Å². The average molecular weight is 286 g/mol. The first-order valence-corrected chi connectivity index (χ1v) is 6.56. The summed E-state index contributed by atoms with van der Waals surface area (Å²) in [4.78, 5) is 0. The molecule has 3 heteroatoms. The summed E-state index contributed by atoms with van der Waals surface area (Å²) in [6, 6.07) is 1.57. The Kier molecular flexibility index (Phi) is 3.65. The minimum Gasteiger partial charge on any atom is -0.316 e. The molecule has 1 saturated heterocycles. The molecule has 1 atom stereocenters. The van der Waals surface area contributed by atoms with E-state index in [1.54, 1.807) is 6.07 Å². The van der Waals surface area contributed by atoms with E-state index in [0.717, 1.165) is 29.5 Å². The van der Waals surface area contributed by atoms with Gasteiger partial charge in [0.2, 0.25) is 0 Å². The molecule has 1 fully saturated rings. The maximum Gasteiger partial charge on any atom is 0.127 e. The van der Waals surface area contributed by atoms with Crippen LogP contribution in [0.15, 0.2) is 10.5 Å². The Morgan fingerprint density at radius 3 is 2.75 bits per heavy atom. The molecule has 0 radical (unpaired) electrons. The third kappa shape index (κ3) is 2.16. The lowest BCUT2D eigenvalue weighted by Gasteiger charge is -2.26. The number of halogens is 2. The van der Waals surface area contributed by atoms with Crippen LogP contribution in [0.1, 0.15) is 35.4 Å². The molecule has 2 rings (SSSR count). The second-order valence-corrected chi connectivity index (χ2v) is 5.40. The van der Waals surface area contributed by atoms with Crippen LogP contribution in [0, 0.1) is 19.7 Å². The van der Waals surface area contributed by atoms with Crippen molar-refractivity contribution in [3.05, 3.63) is 33.0 Å². The zero-order valence-corrected chi connectivity index (χ0v) is 11.3. The Bertz CT molecular complexity index is 371. The van der Waals surface area contributed by atoms with Crippen molar-refractivity contribution < 1.29 is 4.39 Å². The van der Waals surface area contributed by atoms with Gasteiger partial charge in [-0.25, -0.2) is 4.39 Å². The SMILES string of the molecule is Cc1c(F)cc(Br)c(C)c1C1CCCNC1. The third-order valence-electron chi connectivity index (χ3n) is 3.48. The van der Waals surface area contributed by atoms with Crippen LogP contribution in [0.4, 0.5) is 4.39 Å². The fourth-order valence-corrected chi connectivity index (χ4v) is 2.99. The Hall–Kier alpha value is -0.410. The average Bonchev–Trinajstić information content (AvgIpc) is 2.28. The van der Waals surface area contributed by atoms with Crippen LogP contribution in [-0.2, 0) is 0 Å². The molecule has 16 heavy (non-hydrogen) atoms. The van der Waals surface area contributed by atoms with Crippen LogP contribution in [0.5, 0.6) is 0 Å². The Labute approximate surface area is 105 Å². The molecule has 1 aliphatic rings. The molecule has 88 valence electrons. The predicted octanol–water partition coefficient (Wildman–Crippen LogP) is 3.67. The molecule has 1 aliphatic heterocycles. The molecule has 1 unspecified atom stereocenters. The van der Waals surface area contributed by atoms with Crippen LogP contribution >= 0.6 is 15.9 Å². The summed E-state index contributed by atoms with van der Waals surface area (Å²) in [6.45, 7) is 6.02. The molecule has 0 bridgehead atoms. The van der Waals surface area contributed by atoms with E-state index in [1.165, 1.54) is 17.5 Å². The molecule has 1 N–H and O–H groups in total. The minimum absolute atomic E-state index is 0.0990. The van der Waals surface area contributed by atoms with Gasteiger partial charge in [0.05, 0.1) is 0 Å². The van der Waals surface area contributed by atoms with Crippen LogP contribution in [0.25, 0.3) is 0 Å². The summed E-state index contributed by atoms with van der Waals surface area (Å²) in [6.07, 6.45) is 2.34. The topological polar surface area (TPSA) is 12.0 Å². The number of hydrogen-bond acceptors (Lipinski definition) is 1. The molecule has 0 aliphatic carbocycles. The zero-order valence-electron chi connectivity index (χ0n) is 9.74. The highest BCUT2D eigenvalue weighted by Gasteiger charge is 2.21. The van der Waals surface area contributed by atoms with Gasteiger partial charge >= 0.3 is 0 Å². The van der Waals surface area contributed by atoms with Gasteiger partial charge in [-0.05, 0) is 61.9 Å². The van der Waals surface area contributed by atoms with Crippen LogP contribution in [0.3, 0.4) is 0 Å². The van der Waals surface area contributed by atoms with Gasteiger partial charge < -0.3 is 5.32 Å². The van der Waals surface area contributed by atoms with E-state index >= 15 is 0 Å². The molecule has 1 heterocycles. The second kappa shape index (κ2) is 4.84. The molecule has 1 nitrogen and oxygen atoms in total. The molecule has 0 aromatic heterocycles. The van der Waals surface area contributed by atoms with Gasteiger partial charge in [0, 0.05) is 11.0 Å². The molecule has 0 amide bonds.